The van der Waals surface area contributed by atoms with E-state index >= 15 is 0 Å². The van der Waals surface area contributed by atoms with Gasteiger partial charge in [-0.25, -0.2) is 4.79 Å². The van der Waals surface area contributed by atoms with Gasteiger partial charge in [0.15, 0.2) is 0 Å². The number of nitrogens with zero attached hydrogens (tertiary/aromatic N) is 4. The Bertz CT molecular complexity index is 1500. The van der Waals surface area contributed by atoms with Gasteiger partial charge < -0.3 is 31.1 Å². The number of hydrogen-bond donors (Lipinski definition) is 3. The van der Waals surface area contributed by atoms with Gasteiger partial charge in [0.25, 0.3) is 0 Å². The Morgan fingerprint density at radius 2 is 1.62 bits per heavy atom. The molecule has 2 aromatic carbocycles. The minimum Gasteiger partial charge on any atom is -0.397 e. The largest absolute Gasteiger partial charge is 0.418 e. The number of piperidine rings is 2. The van der Waals surface area contributed by atoms with Crippen LogP contribution in [0.4, 0.5) is 29.3 Å². The predicted molar refractivity (Wildman–Crippen MR) is 177 cm³/mol. The molecule has 0 spiro atoms. The second-order valence-corrected chi connectivity index (χ2v) is 13.7. The number of amides is 4. The summed E-state index contributed by atoms with van der Waals surface area (Å²) < 4.78 is 41.4. The van der Waals surface area contributed by atoms with Crippen LogP contribution in [0.2, 0.25) is 5.02 Å². The lowest BCUT2D eigenvalue weighted by Crippen LogP contribution is -2.55. The number of rotatable bonds is 7. The number of hydrogen-bond acceptors (Lipinski definition) is 6. The number of carbonyl (C=O) groups excluding carboxylic acids is 3. The van der Waals surface area contributed by atoms with Crippen LogP contribution in [0.3, 0.4) is 0 Å². The molecule has 4 N–H and O–H groups in total. The topological polar surface area (TPSA) is 114 Å². The van der Waals surface area contributed by atoms with E-state index < -0.39 is 23.3 Å². The first kappa shape index (κ1) is 34.3. The van der Waals surface area contributed by atoms with Crippen molar-refractivity contribution < 1.29 is 27.6 Å². The van der Waals surface area contributed by atoms with Crippen LogP contribution in [0.25, 0.3) is 0 Å². The van der Waals surface area contributed by atoms with Crippen molar-refractivity contribution in [1.82, 2.24) is 24.9 Å². The summed E-state index contributed by atoms with van der Waals surface area (Å²) in [6, 6.07) is 10.2. The number of fused-ring (bicyclic) bond motifs is 1. The average molecular weight is 690 g/mol. The third-order valence-corrected chi connectivity index (χ3v) is 10.6. The van der Waals surface area contributed by atoms with E-state index in [1.165, 1.54) is 6.07 Å². The summed E-state index contributed by atoms with van der Waals surface area (Å²) in [5.41, 5.74) is 6.10. The van der Waals surface area contributed by atoms with E-state index in [0.717, 1.165) is 43.2 Å². The molecule has 10 nitrogen and oxygen atoms in total. The van der Waals surface area contributed by atoms with Gasteiger partial charge in [-0.05, 0) is 74.5 Å². The van der Waals surface area contributed by atoms with Crippen LogP contribution in [-0.4, -0.2) is 102 Å². The van der Waals surface area contributed by atoms with E-state index in [9.17, 15) is 27.6 Å². The van der Waals surface area contributed by atoms with Gasteiger partial charge in [-0.15, -0.1) is 0 Å². The molecular weight excluding hydrogens is 647 g/mol. The summed E-state index contributed by atoms with van der Waals surface area (Å²) in [5, 5.41) is 6.08. The number of nitrogens with one attached hydrogen (secondary N) is 2. The van der Waals surface area contributed by atoms with Crippen molar-refractivity contribution >= 4 is 40.8 Å². The molecule has 1 unspecified atom stereocenters. The molecule has 14 heteroatoms. The van der Waals surface area contributed by atoms with Crippen LogP contribution in [0.5, 0.6) is 0 Å². The molecule has 0 bridgehead atoms. The molecule has 6 rings (SSSR count). The fourth-order valence-corrected chi connectivity index (χ4v) is 7.82. The summed E-state index contributed by atoms with van der Waals surface area (Å²) in [6.07, 6.45) is -1.66. The highest BCUT2D eigenvalue weighted by atomic mass is 35.5. The molecule has 3 saturated heterocycles. The van der Waals surface area contributed by atoms with E-state index in [4.69, 9.17) is 17.3 Å². The number of benzene rings is 2. The van der Waals surface area contributed by atoms with Gasteiger partial charge in [-0.1, -0.05) is 29.8 Å². The second kappa shape index (κ2) is 14.5. The fraction of sp³-hybridized carbons (Fsp3) is 0.559. The number of para-hydroxylation sites is 1. The number of halogens is 4. The van der Waals surface area contributed by atoms with Gasteiger partial charge in [0.05, 0.1) is 22.2 Å². The summed E-state index contributed by atoms with van der Waals surface area (Å²) in [5.74, 6) is -1.34. The Hall–Kier alpha value is -3.55. The highest BCUT2D eigenvalue weighted by molar-refractivity contribution is 6.33. The summed E-state index contributed by atoms with van der Waals surface area (Å²) in [4.78, 5) is 48.3. The monoisotopic (exact) mass is 689 g/mol. The molecule has 0 aromatic heterocycles. The summed E-state index contributed by atoms with van der Waals surface area (Å²) in [7, 11) is 0. The van der Waals surface area contributed by atoms with Gasteiger partial charge >= 0.3 is 12.2 Å². The van der Waals surface area contributed by atoms with Gasteiger partial charge in [-0.3, -0.25) is 14.5 Å². The Morgan fingerprint density at radius 3 is 2.31 bits per heavy atom. The zero-order valence-corrected chi connectivity index (χ0v) is 27.7. The molecule has 4 amide bonds. The molecule has 3 fully saturated rings. The van der Waals surface area contributed by atoms with Gasteiger partial charge in [0.2, 0.25) is 11.8 Å². The lowest BCUT2D eigenvalue weighted by atomic mass is 9.91. The second-order valence-electron chi connectivity index (χ2n) is 13.3. The Kier molecular flexibility index (Phi) is 10.4. The number of nitrogens with two attached hydrogens (primary N) is 1. The van der Waals surface area contributed by atoms with Gasteiger partial charge in [-0.2, -0.15) is 13.2 Å². The quantitative estimate of drug-likeness (QED) is 0.371. The van der Waals surface area contributed by atoms with Crippen LogP contribution in [0.1, 0.15) is 48.8 Å². The third kappa shape index (κ3) is 7.68. The van der Waals surface area contributed by atoms with Crippen molar-refractivity contribution in [3.05, 3.63) is 58.1 Å². The number of nitrogen functional groups attached to an aromatic ring is 1. The van der Waals surface area contributed by atoms with Crippen LogP contribution in [0.15, 0.2) is 36.4 Å². The maximum Gasteiger partial charge on any atom is 0.418 e. The molecule has 2 aromatic rings. The Balaban J connectivity index is 1.13. The minimum atomic E-state index is -4.72. The highest BCUT2D eigenvalue weighted by Crippen LogP contribution is 2.38. The van der Waals surface area contributed by atoms with Crippen molar-refractivity contribution in [2.45, 2.75) is 63.3 Å². The van der Waals surface area contributed by atoms with Crippen molar-refractivity contribution in [2.24, 2.45) is 5.92 Å². The van der Waals surface area contributed by atoms with Crippen LogP contribution in [-0.2, 0) is 28.7 Å². The highest BCUT2D eigenvalue weighted by Gasteiger charge is 2.38. The molecule has 0 radical (unpaired) electrons. The zero-order valence-electron chi connectivity index (χ0n) is 26.9. The van der Waals surface area contributed by atoms with E-state index in [1.807, 2.05) is 29.2 Å². The van der Waals surface area contributed by atoms with Gasteiger partial charge in [0, 0.05) is 70.0 Å². The SMILES string of the molecule is Nc1c(Cl)cc(CC(CC(=O)N2CCC(N3Cc4ccccc4NC3=O)CC2)C(=O)N2CCN(C3CCNCC3)CC2)cc1C(F)(F)F. The lowest BCUT2D eigenvalue weighted by molar-refractivity contribution is -0.143. The van der Waals surface area contributed by atoms with Crippen LogP contribution >= 0.6 is 11.6 Å². The molecule has 4 heterocycles. The number of anilines is 2. The number of likely N-dealkylation sites (tertiary alicyclic amines) is 1. The zero-order chi connectivity index (χ0) is 34.0. The molecule has 4 aliphatic rings. The van der Waals surface area contributed by atoms with E-state index in [0.29, 0.717) is 64.7 Å². The van der Waals surface area contributed by atoms with Crippen molar-refractivity contribution in [3.63, 3.8) is 0 Å². The van der Waals surface area contributed by atoms with E-state index in [1.54, 1.807) is 9.80 Å². The van der Waals surface area contributed by atoms with Crippen molar-refractivity contribution in [2.75, 3.05) is 63.4 Å². The first-order valence-corrected chi connectivity index (χ1v) is 17.2. The molecular formula is C34H43ClF3N7O3. The van der Waals surface area contributed by atoms with E-state index in [-0.39, 0.29) is 47.3 Å². The Labute approximate surface area is 283 Å². The van der Waals surface area contributed by atoms with Crippen molar-refractivity contribution in [1.29, 1.82) is 0 Å². The van der Waals surface area contributed by atoms with Crippen LogP contribution < -0.4 is 16.4 Å². The van der Waals surface area contributed by atoms with Crippen molar-refractivity contribution in [3.8, 4) is 0 Å². The number of carbonyl (C=O) groups is 3. The number of urea groups is 1. The average Bonchev–Trinajstić information content (AvgIpc) is 3.09. The molecule has 0 aliphatic carbocycles. The van der Waals surface area contributed by atoms with Crippen LogP contribution in [0, 0.1) is 5.92 Å². The summed E-state index contributed by atoms with van der Waals surface area (Å²) >= 11 is 6.13. The first-order valence-electron chi connectivity index (χ1n) is 16.8. The fourth-order valence-electron chi connectivity index (χ4n) is 7.58. The molecule has 260 valence electrons. The standard InChI is InChI=1S/C34H43ClF3N7O3/c35-28-19-22(18-27(31(28)39)34(36,37)38)17-24(32(47)44-15-13-42(14-16-44)25-5-9-40-10-6-25)20-30(46)43-11-7-26(8-12-43)45-21-23-3-1-2-4-29(23)41-33(45)48/h1-4,18-19,24-26,40H,5-17,20-21,39H2,(H,41,48). The molecule has 0 saturated carbocycles. The maximum atomic E-state index is 14.0. The van der Waals surface area contributed by atoms with Gasteiger partial charge in [0.1, 0.15) is 0 Å². The van der Waals surface area contributed by atoms with E-state index in [2.05, 4.69) is 15.5 Å². The minimum absolute atomic E-state index is 0.0474. The smallest absolute Gasteiger partial charge is 0.397 e. The molecule has 48 heavy (non-hydrogen) atoms. The molecule has 4 aliphatic heterocycles. The maximum absolute atomic E-state index is 14.0. The normalized spacial score (nSPS) is 20.8. The third-order valence-electron chi connectivity index (χ3n) is 10.3. The first-order chi connectivity index (χ1) is 23.0. The summed E-state index contributed by atoms with van der Waals surface area (Å²) in [6.45, 7) is 5.67. The molecule has 1 atom stereocenters. The number of piperazine rings is 1. The lowest BCUT2D eigenvalue weighted by Gasteiger charge is -2.42. The Morgan fingerprint density at radius 1 is 0.938 bits per heavy atom. The number of alkyl halides is 3. The predicted octanol–water partition coefficient (Wildman–Crippen LogP) is 4.42.